The van der Waals surface area contributed by atoms with Crippen molar-refractivity contribution in [3.8, 4) is 0 Å². The summed E-state index contributed by atoms with van der Waals surface area (Å²) in [5.74, 6) is 0. The van der Waals surface area contributed by atoms with E-state index in [1.807, 2.05) is 0 Å². The van der Waals surface area contributed by atoms with Crippen LogP contribution in [0, 0.1) is 6.92 Å². The van der Waals surface area contributed by atoms with E-state index in [1.165, 1.54) is 173 Å². The second kappa shape index (κ2) is 29.0. The summed E-state index contributed by atoms with van der Waals surface area (Å²) >= 11 is 0. The van der Waals surface area contributed by atoms with Crippen LogP contribution >= 0.6 is 0 Å². The fraction of sp³-hybridized carbons (Fsp3) is 0.968. The van der Waals surface area contributed by atoms with Crippen molar-refractivity contribution in [3.05, 3.63) is 6.92 Å². The zero-order valence-electron chi connectivity index (χ0n) is 23.0. The van der Waals surface area contributed by atoms with E-state index in [4.69, 9.17) is 0 Å². The Labute approximate surface area is 205 Å². The van der Waals surface area contributed by atoms with Gasteiger partial charge in [-0.15, -0.1) is 0 Å². The third kappa shape index (κ3) is 30.0. The number of hydrogen-bond acceptors (Lipinski definition) is 1. The van der Waals surface area contributed by atoms with Crippen LogP contribution in [0.5, 0.6) is 0 Å². The molecule has 0 atom stereocenters. The zero-order chi connectivity index (χ0) is 23.4. The molecule has 0 amide bonds. The number of rotatable bonds is 28. The van der Waals surface area contributed by atoms with Gasteiger partial charge >= 0.3 is 0 Å². The Morgan fingerprint density at radius 2 is 0.500 bits per heavy atom. The second-order valence-corrected chi connectivity index (χ2v) is 10.8. The lowest BCUT2D eigenvalue weighted by atomic mass is 10.0. The molecule has 0 rings (SSSR count). The summed E-state index contributed by atoms with van der Waals surface area (Å²) in [5.41, 5.74) is 0. The summed E-state index contributed by atoms with van der Waals surface area (Å²) in [4.78, 5) is 2.30. The Hall–Kier alpha value is -0.0400. The van der Waals surface area contributed by atoms with Gasteiger partial charge in [-0.2, -0.15) is 0 Å². The molecule has 1 radical (unpaired) electrons. The van der Waals surface area contributed by atoms with Crippen molar-refractivity contribution in [3.63, 3.8) is 0 Å². The summed E-state index contributed by atoms with van der Waals surface area (Å²) < 4.78 is 0. The molecule has 0 aliphatic heterocycles. The molecule has 0 aliphatic rings. The molecule has 1 heteroatoms. The molecule has 0 N–H and O–H groups in total. The zero-order valence-corrected chi connectivity index (χ0v) is 23.0. The summed E-state index contributed by atoms with van der Waals surface area (Å²) in [7, 11) is 4.36. The van der Waals surface area contributed by atoms with E-state index < -0.39 is 0 Å². The van der Waals surface area contributed by atoms with Crippen LogP contribution in [-0.2, 0) is 0 Å². The van der Waals surface area contributed by atoms with Crippen molar-refractivity contribution >= 4 is 0 Å². The lowest BCUT2D eigenvalue weighted by molar-refractivity contribution is 0.389. The van der Waals surface area contributed by atoms with E-state index in [1.54, 1.807) is 0 Å². The van der Waals surface area contributed by atoms with Crippen LogP contribution in [0.2, 0.25) is 0 Å². The monoisotopic (exact) mass is 451 g/mol. The van der Waals surface area contributed by atoms with Gasteiger partial charge in [0.15, 0.2) is 0 Å². The fourth-order valence-corrected chi connectivity index (χ4v) is 4.85. The Balaban J connectivity index is 3.00. The van der Waals surface area contributed by atoms with E-state index in [0.29, 0.717) is 0 Å². The van der Waals surface area contributed by atoms with Crippen molar-refractivity contribution in [2.24, 2.45) is 0 Å². The van der Waals surface area contributed by atoms with Crippen molar-refractivity contribution in [2.75, 3.05) is 20.6 Å². The Bertz CT molecular complexity index is 312. The maximum atomic E-state index is 3.92. The molecular weight excluding hydrogens is 386 g/mol. The fourth-order valence-electron chi connectivity index (χ4n) is 4.85. The Kier molecular flexibility index (Phi) is 29.0. The lowest BCUT2D eigenvalue weighted by Gasteiger charge is -2.08. The topological polar surface area (TPSA) is 3.24 Å². The van der Waals surface area contributed by atoms with Crippen molar-refractivity contribution in [1.29, 1.82) is 0 Å². The maximum Gasteiger partial charge on any atom is -0.00248 e. The molecule has 193 valence electrons. The van der Waals surface area contributed by atoms with Crippen LogP contribution in [0.4, 0.5) is 0 Å². The average molecular weight is 451 g/mol. The average Bonchev–Trinajstić information content (AvgIpc) is 2.78. The molecule has 0 spiro atoms. The SMILES string of the molecule is [CH2]CCCCCCCCCCCCCCCCCCCCCCCCCCCCN(C)C. The van der Waals surface area contributed by atoms with Crippen molar-refractivity contribution in [1.82, 2.24) is 4.90 Å². The van der Waals surface area contributed by atoms with Gasteiger partial charge in [-0.1, -0.05) is 174 Å². The van der Waals surface area contributed by atoms with Crippen LogP contribution in [0.1, 0.15) is 173 Å². The molecule has 0 aromatic rings. The largest absolute Gasteiger partial charge is 0.309 e. The Morgan fingerprint density at radius 3 is 0.688 bits per heavy atom. The van der Waals surface area contributed by atoms with Gasteiger partial charge in [0, 0.05) is 0 Å². The molecule has 1 nitrogen and oxygen atoms in total. The highest BCUT2D eigenvalue weighted by Gasteiger charge is 1.96. The predicted octanol–water partition coefficient (Wildman–Crippen LogP) is 10.9. The van der Waals surface area contributed by atoms with Gasteiger partial charge in [-0.05, 0) is 27.1 Å². The second-order valence-electron chi connectivity index (χ2n) is 10.8. The molecule has 0 aliphatic carbocycles. The van der Waals surface area contributed by atoms with Crippen LogP contribution in [0.25, 0.3) is 0 Å². The van der Waals surface area contributed by atoms with Crippen LogP contribution in [0.3, 0.4) is 0 Å². The van der Waals surface area contributed by atoms with E-state index in [-0.39, 0.29) is 0 Å². The summed E-state index contributed by atoms with van der Waals surface area (Å²) in [6.45, 7) is 5.18. The molecule has 0 aromatic carbocycles. The first-order chi connectivity index (χ1) is 15.8. The third-order valence-corrected chi connectivity index (χ3v) is 7.11. The van der Waals surface area contributed by atoms with E-state index >= 15 is 0 Å². The maximum absolute atomic E-state index is 3.92. The molecule has 0 fully saturated rings. The van der Waals surface area contributed by atoms with E-state index in [0.717, 1.165) is 6.42 Å². The predicted molar refractivity (Wildman–Crippen MR) is 149 cm³/mol. The van der Waals surface area contributed by atoms with Crippen LogP contribution < -0.4 is 0 Å². The minimum absolute atomic E-state index is 1.12. The molecule has 0 saturated heterocycles. The van der Waals surface area contributed by atoms with E-state index in [9.17, 15) is 0 Å². The van der Waals surface area contributed by atoms with Crippen molar-refractivity contribution < 1.29 is 0 Å². The third-order valence-electron chi connectivity index (χ3n) is 7.11. The molecule has 0 saturated carbocycles. The van der Waals surface area contributed by atoms with Gasteiger partial charge in [0.05, 0.1) is 0 Å². The molecule has 0 unspecified atom stereocenters. The number of hydrogen-bond donors (Lipinski definition) is 0. The highest BCUT2D eigenvalue weighted by atomic mass is 15.0. The van der Waals surface area contributed by atoms with Gasteiger partial charge in [-0.3, -0.25) is 0 Å². The number of unbranched alkanes of at least 4 members (excludes halogenated alkanes) is 26. The van der Waals surface area contributed by atoms with Gasteiger partial charge in [0.25, 0.3) is 0 Å². The van der Waals surface area contributed by atoms with Crippen molar-refractivity contribution in [2.45, 2.75) is 173 Å². The van der Waals surface area contributed by atoms with E-state index in [2.05, 4.69) is 25.9 Å². The van der Waals surface area contributed by atoms with Gasteiger partial charge in [0.1, 0.15) is 0 Å². The minimum atomic E-state index is 1.12. The first-order valence-corrected chi connectivity index (χ1v) is 15.2. The summed E-state index contributed by atoms with van der Waals surface area (Å²) in [5, 5.41) is 0. The molecular formula is C31H64N. The molecule has 0 bridgehead atoms. The summed E-state index contributed by atoms with van der Waals surface area (Å²) in [6, 6.07) is 0. The van der Waals surface area contributed by atoms with Gasteiger partial charge in [0.2, 0.25) is 0 Å². The first kappa shape index (κ1) is 32.0. The Morgan fingerprint density at radius 1 is 0.312 bits per heavy atom. The van der Waals surface area contributed by atoms with Crippen LogP contribution in [0.15, 0.2) is 0 Å². The van der Waals surface area contributed by atoms with Crippen LogP contribution in [-0.4, -0.2) is 25.5 Å². The highest BCUT2D eigenvalue weighted by molar-refractivity contribution is 4.52. The van der Waals surface area contributed by atoms with Gasteiger partial charge in [-0.25, -0.2) is 0 Å². The highest BCUT2D eigenvalue weighted by Crippen LogP contribution is 2.16. The first-order valence-electron chi connectivity index (χ1n) is 15.2. The summed E-state index contributed by atoms with van der Waals surface area (Å²) in [6.07, 6.45) is 39.2. The molecule has 32 heavy (non-hydrogen) atoms. The lowest BCUT2D eigenvalue weighted by Crippen LogP contribution is -2.12. The normalized spacial score (nSPS) is 11.6. The standard InChI is InChI=1S/C31H64N/c1-4-5-6-7-8-9-10-11-12-13-14-15-16-17-18-19-20-21-22-23-24-25-26-27-28-29-30-31-32(2)3/h1,4-31H2,2-3H3. The van der Waals surface area contributed by atoms with Gasteiger partial charge < -0.3 is 4.90 Å². The number of nitrogens with zero attached hydrogens (tertiary/aromatic N) is 1. The molecule has 0 heterocycles. The quantitative estimate of drug-likeness (QED) is 0.107. The smallest absolute Gasteiger partial charge is 0.00248 e. The molecule has 0 aromatic heterocycles. The minimum Gasteiger partial charge on any atom is -0.309 e.